The average Bonchev–Trinajstić information content (AvgIpc) is 3.41. The van der Waals surface area contributed by atoms with E-state index < -0.39 is 18.0 Å². The largest absolute Gasteiger partial charge is 0.453 e. The van der Waals surface area contributed by atoms with Gasteiger partial charge >= 0.3 is 6.09 Å². The van der Waals surface area contributed by atoms with Gasteiger partial charge in [-0.1, -0.05) is 11.6 Å². The molecule has 0 radical (unpaired) electrons. The van der Waals surface area contributed by atoms with Crippen LogP contribution in [-0.2, 0) is 9.53 Å². The van der Waals surface area contributed by atoms with Crippen LogP contribution < -0.4 is 26.6 Å². The van der Waals surface area contributed by atoms with E-state index in [2.05, 4.69) is 43.2 Å². The smallest absolute Gasteiger partial charge is 0.407 e. The number of primary amides is 1. The number of nitriles is 2. The summed E-state index contributed by atoms with van der Waals surface area (Å²) in [4.78, 5) is 36.6. The van der Waals surface area contributed by atoms with Crippen molar-refractivity contribution in [3.05, 3.63) is 34.6 Å². The second kappa shape index (κ2) is 12.8. The summed E-state index contributed by atoms with van der Waals surface area (Å²) in [6, 6.07) is 6.16. The summed E-state index contributed by atoms with van der Waals surface area (Å²) in [5.41, 5.74) is 7.45. The molecule has 2 amide bonds. The van der Waals surface area contributed by atoms with Crippen LogP contribution in [0.25, 0.3) is 5.65 Å². The number of carbonyl (C=O) groups excluding carboxylic acids is 2. The number of hydrogen-bond donors (Lipinski definition) is 4. The number of methoxy groups -OCH3 is 1. The monoisotopic (exact) mass is 594 g/mol. The third kappa shape index (κ3) is 6.07. The number of anilines is 4. The minimum atomic E-state index is -0.616. The molecule has 2 aromatic heterocycles. The molecule has 42 heavy (non-hydrogen) atoms. The number of ether oxygens (including phenoxy) is 1. The number of rotatable bonds is 9. The van der Waals surface area contributed by atoms with Crippen molar-refractivity contribution >= 4 is 52.4 Å². The number of nitrogens with two attached hydrogens (primary N) is 1. The van der Waals surface area contributed by atoms with E-state index in [4.69, 9.17) is 22.1 Å². The third-order valence-corrected chi connectivity index (χ3v) is 7.60. The van der Waals surface area contributed by atoms with Crippen LogP contribution in [0.2, 0.25) is 5.02 Å². The van der Waals surface area contributed by atoms with Crippen LogP contribution in [0.3, 0.4) is 0 Å². The zero-order valence-corrected chi connectivity index (χ0v) is 24.3. The summed E-state index contributed by atoms with van der Waals surface area (Å²) >= 11 is 6.93. The Morgan fingerprint density at radius 3 is 2.74 bits per heavy atom. The molecular formula is C26H31ClN12O3. The van der Waals surface area contributed by atoms with Crippen molar-refractivity contribution in [2.24, 2.45) is 5.73 Å². The molecule has 0 saturated carbocycles. The molecule has 220 valence electrons. The van der Waals surface area contributed by atoms with Gasteiger partial charge < -0.3 is 31.3 Å². The number of hydrogen-bond acceptors (Lipinski definition) is 12. The van der Waals surface area contributed by atoms with Crippen molar-refractivity contribution in [1.82, 2.24) is 29.8 Å². The van der Waals surface area contributed by atoms with E-state index in [1.54, 1.807) is 31.0 Å². The molecule has 5 N–H and O–H groups in total. The molecule has 0 spiro atoms. The van der Waals surface area contributed by atoms with Crippen molar-refractivity contribution in [3.63, 3.8) is 0 Å². The lowest BCUT2D eigenvalue weighted by atomic mass is 9.96. The lowest BCUT2D eigenvalue weighted by Crippen LogP contribution is -2.62. The van der Waals surface area contributed by atoms with E-state index in [0.29, 0.717) is 59.5 Å². The second-order valence-electron chi connectivity index (χ2n) is 9.69. The maximum absolute atomic E-state index is 12.1. The summed E-state index contributed by atoms with van der Waals surface area (Å²) in [7, 11) is 3.05. The fourth-order valence-electron chi connectivity index (χ4n) is 4.84. The van der Waals surface area contributed by atoms with E-state index in [9.17, 15) is 20.1 Å². The van der Waals surface area contributed by atoms with Gasteiger partial charge in [0.25, 0.3) is 0 Å². The number of likely N-dealkylation sites (N-methyl/N-ethyl adjacent to an activating group) is 1. The summed E-state index contributed by atoms with van der Waals surface area (Å²) in [5, 5.41) is 33.1. The molecule has 3 aromatic rings. The van der Waals surface area contributed by atoms with E-state index in [1.165, 1.54) is 17.8 Å². The number of amides is 2. The molecule has 1 aliphatic rings. The first-order chi connectivity index (χ1) is 20.1. The molecule has 0 bridgehead atoms. The Balaban J connectivity index is 1.71. The van der Waals surface area contributed by atoms with Crippen molar-refractivity contribution < 1.29 is 14.3 Å². The molecule has 1 saturated heterocycles. The molecule has 0 unspecified atom stereocenters. The van der Waals surface area contributed by atoms with Crippen LogP contribution in [0.5, 0.6) is 0 Å². The van der Waals surface area contributed by atoms with Gasteiger partial charge in [-0.05, 0) is 39.4 Å². The zero-order valence-electron chi connectivity index (χ0n) is 23.6. The quantitative estimate of drug-likeness (QED) is 0.280. The number of alkyl carbamates (subject to hydrolysis) is 1. The molecule has 16 heteroatoms. The van der Waals surface area contributed by atoms with E-state index in [-0.39, 0.29) is 23.7 Å². The predicted molar refractivity (Wildman–Crippen MR) is 155 cm³/mol. The van der Waals surface area contributed by atoms with Crippen LogP contribution in [0.1, 0.15) is 31.5 Å². The van der Waals surface area contributed by atoms with Crippen molar-refractivity contribution in [2.45, 2.75) is 38.4 Å². The first-order valence-electron chi connectivity index (χ1n) is 13.1. The van der Waals surface area contributed by atoms with Gasteiger partial charge in [-0.15, -0.1) is 5.10 Å². The molecule has 4 rings (SSSR count). The van der Waals surface area contributed by atoms with E-state index >= 15 is 0 Å². The fourth-order valence-corrected chi connectivity index (χ4v) is 5.12. The van der Waals surface area contributed by atoms with Crippen LogP contribution in [0.4, 0.5) is 27.9 Å². The highest BCUT2D eigenvalue weighted by molar-refractivity contribution is 6.36. The Bertz CT molecular complexity index is 1580. The van der Waals surface area contributed by atoms with Gasteiger partial charge in [-0.3, -0.25) is 9.69 Å². The van der Waals surface area contributed by atoms with Crippen LogP contribution >= 0.6 is 11.6 Å². The first kappa shape index (κ1) is 30.1. The number of nitrogens with one attached hydrogen (secondary N) is 3. The highest BCUT2D eigenvalue weighted by Crippen LogP contribution is 2.37. The Morgan fingerprint density at radius 1 is 1.33 bits per heavy atom. The summed E-state index contributed by atoms with van der Waals surface area (Å²) < 4.78 is 6.17. The number of piperidine rings is 1. The van der Waals surface area contributed by atoms with Gasteiger partial charge in [0.1, 0.15) is 6.07 Å². The lowest BCUT2D eigenvalue weighted by Gasteiger charge is -2.45. The van der Waals surface area contributed by atoms with Crippen LogP contribution in [0.15, 0.2) is 18.3 Å². The maximum atomic E-state index is 12.1. The number of halogens is 1. The topological polar surface area (TPSA) is 203 Å². The van der Waals surface area contributed by atoms with E-state index in [0.717, 1.165) is 0 Å². The van der Waals surface area contributed by atoms with Crippen molar-refractivity contribution in [3.8, 4) is 12.1 Å². The standard InChI is InChI=1S/C26H31ClN12O3/c1-5-31-23-24-32-12-16(11-29)39(24)36-25(35-23)33-18-8-15(10-28)9-19(21(18)27)38-7-6-17(34-26(41)42-4)20(13-38)37(3)14(2)22(30)40/h8-9,12,14,17,20H,5-7,13H2,1-4H3,(H2,30,40)(H,34,41)(H2,31,33,35,36)/t14-,17+,20+/m0/s1. The molecule has 3 atom stereocenters. The second-order valence-corrected chi connectivity index (χ2v) is 10.1. The van der Waals surface area contributed by atoms with Gasteiger partial charge in [-0.2, -0.15) is 20.0 Å². The predicted octanol–water partition coefficient (Wildman–Crippen LogP) is 1.81. The molecule has 15 nitrogen and oxygen atoms in total. The third-order valence-electron chi connectivity index (χ3n) is 7.21. The van der Waals surface area contributed by atoms with Gasteiger partial charge in [0, 0.05) is 25.7 Å². The van der Waals surface area contributed by atoms with Crippen molar-refractivity contribution in [1.29, 1.82) is 10.5 Å². The highest BCUT2D eigenvalue weighted by Gasteiger charge is 2.37. The van der Waals surface area contributed by atoms with Gasteiger partial charge in [-0.25, -0.2) is 9.78 Å². The maximum Gasteiger partial charge on any atom is 0.407 e. The molecule has 0 aliphatic carbocycles. The number of carbonyl (C=O) groups is 2. The number of fused-ring (bicyclic) bond motifs is 1. The minimum absolute atomic E-state index is 0.129. The summed E-state index contributed by atoms with van der Waals surface area (Å²) in [6.45, 7) is 4.98. The zero-order chi connectivity index (χ0) is 30.6. The Kier molecular flexibility index (Phi) is 9.15. The number of aromatic nitrogens is 4. The Labute approximate surface area is 247 Å². The summed E-state index contributed by atoms with van der Waals surface area (Å²) in [5.74, 6) is 0.0393. The number of nitrogens with zero attached hydrogens (tertiary/aromatic N) is 8. The molecule has 1 aromatic carbocycles. The normalized spacial score (nSPS) is 17.3. The van der Waals surface area contributed by atoms with E-state index in [1.807, 2.05) is 11.8 Å². The summed E-state index contributed by atoms with van der Waals surface area (Å²) in [6.07, 6.45) is 1.32. The fraction of sp³-hybridized carbons (Fsp3) is 0.423. The molecular weight excluding hydrogens is 564 g/mol. The molecule has 3 heterocycles. The lowest BCUT2D eigenvalue weighted by molar-refractivity contribution is -0.123. The highest BCUT2D eigenvalue weighted by atomic mass is 35.5. The van der Waals surface area contributed by atoms with Gasteiger partial charge in [0.05, 0.1) is 53.4 Å². The van der Waals surface area contributed by atoms with Gasteiger partial charge in [0.15, 0.2) is 17.2 Å². The minimum Gasteiger partial charge on any atom is -0.453 e. The van der Waals surface area contributed by atoms with Crippen LogP contribution in [-0.4, -0.2) is 88.4 Å². The average molecular weight is 595 g/mol. The van der Waals surface area contributed by atoms with Crippen molar-refractivity contribution in [2.75, 3.05) is 49.3 Å². The SMILES string of the molecule is CCNc1nc(Nc2cc(C#N)cc(N3CC[C@@H](NC(=O)OC)[C@H](N(C)[C@@H](C)C(N)=O)C3)c2Cl)nn2c(C#N)cnc12. The molecule has 1 aliphatic heterocycles. The number of benzene rings is 1. The first-order valence-corrected chi connectivity index (χ1v) is 13.5. The Morgan fingerprint density at radius 2 is 2.10 bits per heavy atom. The van der Waals surface area contributed by atoms with Crippen LogP contribution in [0, 0.1) is 22.7 Å². The number of imidazole rings is 1. The Hall–Kier alpha value is -4.86. The van der Waals surface area contributed by atoms with Gasteiger partial charge in [0.2, 0.25) is 11.9 Å². The molecule has 1 fully saturated rings.